The van der Waals surface area contributed by atoms with Gasteiger partial charge < -0.3 is 19.4 Å². The van der Waals surface area contributed by atoms with E-state index in [4.69, 9.17) is 9.15 Å². The first-order valence-electron chi connectivity index (χ1n) is 9.48. The number of rotatable bonds is 6. The molecular weight excluding hydrogens is 360 g/mol. The number of hydrogen-bond donors (Lipinski definition) is 1. The van der Waals surface area contributed by atoms with Crippen LogP contribution in [0.3, 0.4) is 0 Å². The molecule has 2 aromatic rings. The molecule has 0 unspecified atom stereocenters. The standard InChI is InChI=1S/C21H24N2O5/c1-2-12-28-21(26)16-3-5-18(6-4-16)22-19(24)15-7-10-23(11-8-15)20(25)17-9-13-27-14-17/h3-6,9,13-15H,2,7-8,10-12H2,1H3,(H,22,24). The van der Waals surface area contributed by atoms with E-state index in [0.717, 1.165) is 6.42 Å². The van der Waals surface area contributed by atoms with E-state index in [9.17, 15) is 14.4 Å². The second-order valence-corrected chi connectivity index (χ2v) is 6.78. The lowest BCUT2D eigenvalue weighted by Crippen LogP contribution is -2.41. The van der Waals surface area contributed by atoms with Crippen LogP contribution in [-0.4, -0.2) is 42.4 Å². The molecule has 2 amide bonds. The fourth-order valence-corrected chi connectivity index (χ4v) is 3.13. The molecule has 0 radical (unpaired) electrons. The van der Waals surface area contributed by atoms with E-state index >= 15 is 0 Å². The number of amides is 2. The molecule has 0 saturated carbocycles. The van der Waals surface area contributed by atoms with Gasteiger partial charge in [-0.15, -0.1) is 0 Å². The molecule has 0 atom stereocenters. The Morgan fingerprint density at radius 2 is 1.82 bits per heavy atom. The first-order chi connectivity index (χ1) is 13.6. The fourth-order valence-electron chi connectivity index (χ4n) is 3.13. The fraction of sp³-hybridized carbons (Fsp3) is 0.381. The number of esters is 1. The predicted molar refractivity (Wildman–Crippen MR) is 103 cm³/mol. The highest BCUT2D eigenvalue weighted by Crippen LogP contribution is 2.21. The van der Waals surface area contributed by atoms with Gasteiger partial charge in [-0.2, -0.15) is 0 Å². The number of anilines is 1. The summed E-state index contributed by atoms with van der Waals surface area (Å²) in [5.41, 5.74) is 1.62. The summed E-state index contributed by atoms with van der Waals surface area (Å²) in [5, 5.41) is 2.88. The van der Waals surface area contributed by atoms with Crippen LogP contribution in [0.15, 0.2) is 47.3 Å². The highest BCUT2D eigenvalue weighted by molar-refractivity contribution is 5.95. The van der Waals surface area contributed by atoms with Crippen LogP contribution in [0.1, 0.15) is 46.9 Å². The third-order valence-corrected chi connectivity index (χ3v) is 4.75. The lowest BCUT2D eigenvalue weighted by atomic mass is 9.95. The van der Waals surface area contributed by atoms with Gasteiger partial charge in [0.15, 0.2) is 0 Å². The van der Waals surface area contributed by atoms with Crippen molar-refractivity contribution < 1.29 is 23.5 Å². The average molecular weight is 384 g/mol. The molecule has 28 heavy (non-hydrogen) atoms. The molecule has 1 fully saturated rings. The van der Waals surface area contributed by atoms with Crippen LogP contribution in [0.2, 0.25) is 0 Å². The summed E-state index contributed by atoms with van der Waals surface area (Å²) in [7, 11) is 0. The summed E-state index contributed by atoms with van der Waals surface area (Å²) in [6.45, 7) is 3.39. The van der Waals surface area contributed by atoms with E-state index in [1.54, 1.807) is 35.2 Å². The molecule has 3 rings (SSSR count). The highest BCUT2D eigenvalue weighted by atomic mass is 16.5. The van der Waals surface area contributed by atoms with Crippen LogP contribution < -0.4 is 5.32 Å². The van der Waals surface area contributed by atoms with Gasteiger partial charge >= 0.3 is 5.97 Å². The van der Waals surface area contributed by atoms with E-state index < -0.39 is 0 Å². The number of nitrogens with one attached hydrogen (secondary N) is 1. The van der Waals surface area contributed by atoms with Gasteiger partial charge in [0.2, 0.25) is 5.91 Å². The Morgan fingerprint density at radius 3 is 2.43 bits per heavy atom. The molecule has 7 nitrogen and oxygen atoms in total. The van der Waals surface area contributed by atoms with Crippen molar-refractivity contribution in [1.82, 2.24) is 4.90 Å². The minimum atomic E-state index is -0.366. The Morgan fingerprint density at radius 1 is 1.11 bits per heavy atom. The molecule has 0 aliphatic carbocycles. The number of nitrogens with zero attached hydrogens (tertiary/aromatic N) is 1. The van der Waals surface area contributed by atoms with Crippen LogP contribution in [0, 0.1) is 5.92 Å². The van der Waals surface area contributed by atoms with Crippen molar-refractivity contribution in [3.05, 3.63) is 54.0 Å². The quantitative estimate of drug-likeness (QED) is 0.772. The second-order valence-electron chi connectivity index (χ2n) is 6.78. The van der Waals surface area contributed by atoms with E-state index in [1.807, 2.05) is 6.92 Å². The Balaban J connectivity index is 1.49. The maximum Gasteiger partial charge on any atom is 0.338 e. The monoisotopic (exact) mass is 384 g/mol. The zero-order valence-electron chi connectivity index (χ0n) is 15.8. The summed E-state index contributed by atoms with van der Waals surface area (Å²) < 4.78 is 10.0. The molecule has 0 bridgehead atoms. The van der Waals surface area contributed by atoms with Crippen molar-refractivity contribution in [1.29, 1.82) is 0 Å². The van der Waals surface area contributed by atoms with Crippen LogP contribution in [0.4, 0.5) is 5.69 Å². The van der Waals surface area contributed by atoms with E-state index in [0.29, 0.717) is 49.4 Å². The van der Waals surface area contributed by atoms with E-state index in [-0.39, 0.29) is 23.7 Å². The van der Waals surface area contributed by atoms with Gasteiger partial charge in [0, 0.05) is 24.7 Å². The van der Waals surface area contributed by atoms with Gasteiger partial charge in [-0.1, -0.05) is 6.92 Å². The van der Waals surface area contributed by atoms with Crippen molar-refractivity contribution in [2.45, 2.75) is 26.2 Å². The van der Waals surface area contributed by atoms with Gasteiger partial charge in [-0.25, -0.2) is 4.79 Å². The molecule has 1 aliphatic heterocycles. The number of piperidine rings is 1. The Hall–Kier alpha value is -3.09. The second kappa shape index (κ2) is 9.21. The Kier molecular flexibility index (Phi) is 6.47. The maximum absolute atomic E-state index is 12.5. The summed E-state index contributed by atoms with van der Waals surface area (Å²) >= 11 is 0. The van der Waals surface area contributed by atoms with Gasteiger partial charge in [0.1, 0.15) is 6.26 Å². The van der Waals surface area contributed by atoms with Gasteiger partial charge in [-0.05, 0) is 49.6 Å². The number of hydrogen-bond acceptors (Lipinski definition) is 5. The SMILES string of the molecule is CCCOC(=O)c1ccc(NC(=O)C2CCN(C(=O)c3ccoc3)CC2)cc1. The van der Waals surface area contributed by atoms with Crippen molar-refractivity contribution in [3.63, 3.8) is 0 Å². The van der Waals surface area contributed by atoms with Crippen LogP contribution in [-0.2, 0) is 9.53 Å². The lowest BCUT2D eigenvalue weighted by Gasteiger charge is -2.31. The Labute approximate surface area is 163 Å². The number of carbonyl (C=O) groups is 3. The zero-order valence-corrected chi connectivity index (χ0v) is 15.8. The minimum Gasteiger partial charge on any atom is -0.472 e. The van der Waals surface area contributed by atoms with Gasteiger partial charge in [-0.3, -0.25) is 9.59 Å². The van der Waals surface area contributed by atoms with E-state index in [2.05, 4.69) is 5.32 Å². The van der Waals surface area contributed by atoms with Crippen LogP contribution in [0.5, 0.6) is 0 Å². The summed E-state index contributed by atoms with van der Waals surface area (Å²) in [6.07, 6.45) is 4.89. The summed E-state index contributed by atoms with van der Waals surface area (Å²) in [5.74, 6) is -0.660. The first kappa shape index (κ1) is 19.7. The summed E-state index contributed by atoms with van der Waals surface area (Å²) in [6, 6.07) is 8.30. The number of benzene rings is 1. The molecule has 1 aromatic carbocycles. The highest BCUT2D eigenvalue weighted by Gasteiger charge is 2.28. The zero-order chi connectivity index (χ0) is 19.9. The maximum atomic E-state index is 12.5. The number of carbonyl (C=O) groups excluding carboxylic acids is 3. The number of ether oxygens (including phenoxy) is 1. The van der Waals surface area contributed by atoms with Crippen molar-refractivity contribution in [2.75, 3.05) is 25.0 Å². The van der Waals surface area contributed by atoms with Crippen molar-refractivity contribution in [2.24, 2.45) is 5.92 Å². The predicted octanol–water partition coefficient (Wildman–Crippen LogP) is 3.34. The van der Waals surface area contributed by atoms with E-state index in [1.165, 1.54) is 12.5 Å². The number of likely N-dealkylation sites (tertiary alicyclic amines) is 1. The molecule has 7 heteroatoms. The lowest BCUT2D eigenvalue weighted by molar-refractivity contribution is -0.121. The van der Waals surface area contributed by atoms with Crippen LogP contribution >= 0.6 is 0 Å². The topological polar surface area (TPSA) is 88.9 Å². The molecule has 2 heterocycles. The molecule has 1 aromatic heterocycles. The van der Waals surface area contributed by atoms with Gasteiger partial charge in [0.25, 0.3) is 5.91 Å². The molecular formula is C21H24N2O5. The van der Waals surface area contributed by atoms with Crippen molar-refractivity contribution >= 4 is 23.5 Å². The average Bonchev–Trinajstić information content (AvgIpc) is 3.27. The van der Waals surface area contributed by atoms with Gasteiger partial charge in [0.05, 0.1) is 24.0 Å². The number of furan rings is 1. The normalized spacial score (nSPS) is 14.5. The van der Waals surface area contributed by atoms with Crippen molar-refractivity contribution in [3.8, 4) is 0 Å². The molecule has 1 saturated heterocycles. The molecule has 0 spiro atoms. The molecule has 1 aliphatic rings. The third kappa shape index (κ3) is 4.79. The summed E-state index contributed by atoms with van der Waals surface area (Å²) in [4.78, 5) is 38.4. The third-order valence-electron chi connectivity index (χ3n) is 4.75. The smallest absolute Gasteiger partial charge is 0.338 e. The minimum absolute atomic E-state index is 0.0712. The molecule has 1 N–H and O–H groups in total. The Bertz CT molecular complexity index is 806. The van der Waals surface area contributed by atoms with Crippen LogP contribution in [0.25, 0.3) is 0 Å². The largest absolute Gasteiger partial charge is 0.472 e. The first-order valence-corrected chi connectivity index (χ1v) is 9.48. The molecule has 148 valence electrons.